The van der Waals surface area contributed by atoms with Crippen LogP contribution in [0, 0.1) is 0 Å². The largest absolute Gasteiger partial charge is 0.381 e. The smallest absolute Gasteiger partial charge is 0.264 e. The Morgan fingerprint density at radius 3 is 2.62 bits per heavy atom. The lowest BCUT2D eigenvalue weighted by molar-refractivity contribution is -0.115. The average Bonchev–Trinajstić information content (AvgIpc) is 2.15. The van der Waals surface area contributed by atoms with Gasteiger partial charge in [-0.1, -0.05) is 6.08 Å². The quantitative estimate of drug-likeness (QED) is 0.613. The molecule has 74 valence electrons. The molecule has 0 atom stereocenters. The first kappa shape index (κ1) is 10.1. The molecule has 0 aromatic heterocycles. The number of carbonyl (C=O) groups excluding carboxylic acids is 1. The molecule has 1 rings (SSSR count). The second-order valence-corrected chi connectivity index (χ2v) is 3.10. The molecule has 4 nitrogen and oxygen atoms in total. The Bertz CT molecular complexity index is 208. The highest BCUT2D eigenvalue weighted by Gasteiger charge is 2.15. The van der Waals surface area contributed by atoms with Crippen LogP contribution >= 0.6 is 0 Å². The highest BCUT2D eigenvalue weighted by molar-refractivity contribution is 5.91. The molecule has 1 amide bonds. The highest BCUT2D eigenvalue weighted by atomic mass is 16.5. The van der Waals surface area contributed by atoms with Gasteiger partial charge in [-0.3, -0.25) is 4.79 Å². The summed E-state index contributed by atoms with van der Waals surface area (Å²) in [5.74, 6) is -0.394. The SMILES string of the molecule is CC=C(NC1CCOCC1)C(N)=O. The number of ether oxygens (including phenoxy) is 1. The highest BCUT2D eigenvalue weighted by Crippen LogP contribution is 2.07. The van der Waals surface area contributed by atoms with E-state index < -0.39 is 5.91 Å². The zero-order valence-corrected chi connectivity index (χ0v) is 7.88. The van der Waals surface area contributed by atoms with Crippen molar-refractivity contribution in [2.75, 3.05) is 13.2 Å². The van der Waals surface area contributed by atoms with Crippen LogP contribution in [0.15, 0.2) is 11.8 Å². The van der Waals surface area contributed by atoms with Gasteiger partial charge in [0.15, 0.2) is 0 Å². The van der Waals surface area contributed by atoms with E-state index in [2.05, 4.69) is 5.32 Å². The number of rotatable bonds is 3. The standard InChI is InChI=1S/C9H16N2O2/c1-2-8(9(10)12)11-7-3-5-13-6-4-7/h2,7,11H,3-6H2,1H3,(H2,10,12). The predicted molar refractivity (Wildman–Crippen MR) is 49.9 cm³/mol. The lowest BCUT2D eigenvalue weighted by Gasteiger charge is -2.24. The number of allylic oxidation sites excluding steroid dienone is 1. The fourth-order valence-corrected chi connectivity index (χ4v) is 1.36. The molecule has 0 aliphatic carbocycles. The third-order valence-corrected chi connectivity index (χ3v) is 2.14. The van der Waals surface area contributed by atoms with Gasteiger partial charge in [-0.05, 0) is 19.8 Å². The summed E-state index contributed by atoms with van der Waals surface area (Å²) in [6.07, 6.45) is 3.58. The van der Waals surface area contributed by atoms with E-state index >= 15 is 0 Å². The molecule has 0 radical (unpaired) electrons. The molecule has 4 heteroatoms. The molecule has 0 aromatic rings. The second-order valence-electron chi connectivity index (χ2n) is 3.10. The van der Waals surface area contributed by atoms with Gasteiger partial charge in [0.05, 0.1) is 5.70 Å². The number of nitrogens with two attached hydrogens (primary N) is 1. The zero-order valence-electron chi connectivity index (χ0n) is 7.88. The summed E-state index contributed by atoms with van der Waals surface area (Å²) in [6.45, 7) is 3.31. The molecule has 3 N–H and O–H groups in total. The first-order valence-corrected chi connectivity index (χ1v) is 4.54. The Balaban J connectivity index is 2.41. The minimum absolute atomic E-state index is 0.326. The Morgan fingerprint density at radius 1 is 1.54 bits per heavy atom. The number of nitrogens with one attached hydrogen (secondary N) is 1. The normalized spacial score (nSPS) is 19.9. The Hall–Kier alpha value is -1.03. The molecule has 13 heavy (non-hydrogen) atoms. The van der Waals surface area contributed by atoms with Gasteiger partial charge in [0.2, 0.25) is 0 Å². The van der Waals surface area contributed by atoms with E-state index in [4.69, 9.17) is 10.5 Å². The Morgan fingerprint density at radius 2 is 2.15 bits per heavy atom. The summed E-state index contributed by atoms with van der Waals surface area (Å²) >= 11 is 0. The van der Waals surface area contributed by atoms with Gasteiger partial charge in [-0.15, -0.1) is 0 Å². The molecule has 0 saturated carbocycles. The van der Waals surface area contributed by atoms with Crippen molar-refractivity contribution in [2.45, 2.75) is 25.8 Å². The molecular weight excluding hydrogens is 168 g/mol. The Labute approximate surface area is 78.1 Å². The van der Waals surface area contributed by atoms with Gasteiger partial charge in [-0.25, -0.2) is 0 Å². The van der Waals surface area contributed by atoms with Crippen LogP contribution in [0.4, 0.5) is 0 Å². The van der Waals surface area contributed by atoms with Crippen molar-refractivity contribution in [3.8, 4) is 0 Å². The van der Waals surface area contributed by atoms with Crippen LogP contribution in [-0.2, 0) is 9.53 Å². The van der Waals surface area contributed by atoms with Crippen LogP contribution in [0.3, 0.4) is 0 Å². The van der Waals surface area contributed by atoms with E-state index in [1.807, 2.05) is 0 Å². The van der Waals surface area contributed by atoms with Crippen molar-refractivity contribution in [3.63, 3.8) is 0 Å². The number of amides is 1. The topological polar surface area (TPSA) is 64.3 Å². The molecule has 0 aromatic carbocycles. The molecule has 1 aliphatic heterocycles. The summed E-state index contributed by atoms with van der Waals surface area (Å²) in [6, 6.07) is 0.326. The summed E-state index contributed by atoms with van der Waals surface area (Å²) < 4.78 is 5.20. The van der Waals surface area contributed by atoms with Gasteiger partial charge in [0.1, 0.15) is 0 Å². The molecular formula is C9H16N2O2. The van der Waals surface area contributed by atoms with Crippen LogP contribution < -0.4 is 11.1 Å². The maximum absolute atomic E-state index is 10.9. The number of hydrogen-bond acceptors (Lipinski definition) is 3. The number of carbonyl (C=O) groups is 1. The van der Waals surface area contributed by atoms with Crippen molar-refractivity contribution in [1.82, 2.24) is 5.32 Å². The minimum Gasteiger partial charge on any atom is -0.381 e. The van der Waals surface area contributed by atoms with E-state index in [9.17, 15) is 4.79 Å². The van der Waals surface area contributed by atoms with Crippen LogP contribution in [0.25, 0.3) is 0 Å². The molecule has 1 saturated heterocycles. The minimum atomic E-state index is -0.394. The van der Waals surface area contributed by atoms with Crippen molar-refractivity contribution in [2.24, 2.45) is 5.73 Å². The van der Waals surface area contributed by atoms with Gasteiger partial charge >= 0.3 is 0 Å². The molecule has 1 fully saturated rings. The molecule has 0 unspecified atom stereocenters. The van der Waals surface area contributed by atoms with Crippen LogP contribution in [-0.4, -0.2) is 25.2 Å². The van der Waals surface area contributed by atoms with E-state index in [0.717, 1.165) is 26.1 Å². The summed E-state index contributed by atoms with van der Waals surface area (Å²) in [5, 5.41) is 3.11. The van der Waals surface area contributed by atoms with Gasteiger partial charge in [0.25, 0.3) is 5.91 Å². The monoisotopic (exact) mass is 184 g/mol. The van der Waals surface area contributed by atoms with Gasteiger partial charge in [-0.2, -0.15) is 0 Å². The molecule has 1 heterocycles. The van der Waals surface area contributed by atoms with Crippen LogP contribution in [0.2, 0.25) is 0 Å². The van der Waals surface area contributed by atoms with Crippen molar-refractivity contribution >= 4 is 5.91 Å². The first-order chi connectivity index (χ1) is 6.24. The van der Waals surface area contributed by atoms with Crippen LogP contribution in [0.5, 0.6) is 0 Å². The van der Waals surface area contributed by atoms with Gasteiger partial charge in [0, 0.05) is 19.3 Å². The van der Waals surface area contributed by atoms with Gasteiger partial charge < -0.3 is 15.8 Å². The summed E-state index contributed by atoms with van der Waals surface area (Å²) in [4.78, 5) is 10.9. The maximum atomic E-state index is 10.9. The fourth-order valence-electron chi connectivity index (χ4n) is 1.36. The van der Waals surface area contributed by atoms with E-state index in [-0.39, 0.29) is 0 Å². The van der Waals surface area contributed by atoms with Crippen molar-refractivity contribution in [1.29, 1.82) is 0 Å². The molecule has 1 aliphatic rings. The lowest BCUT2D eigenvalue weighted by atomic mass is 10.1. The lowest BCUT2D eigenvalue weighted by Crippen LogP contribution is -2.38. The average molecular weight is 184 g/mol. The number of hydrogen-bond donors (Lipinski definition) is 2. The zero-order chi connectivity index (χ0) is 9.68. The maximum Gasteiger partial charge on any atom is 0.264 e. The van der Waals surface area contributed by atoms with E-state index in [1.165, 1.54) is 0 Å². The third-order valence-electron chi connectivity index (χ3n) is 2.14. The molecule has 0 spiro atoms. The summed E-state index contributed by atoms with van der Waals surface area (Å²) in [5.41, 5.74) is 5.67. The Kier molecular flexibility index (Phi) is 3.76. The number of primary amides is 1. The van der Waals surface area contributed by atoms with Crippen molar-refractivity contribution in [3.05, 3.63) is 11.8 Å². The van der Waals surface area contributed by atoms with Crippen molar-refractivity contribution < 1.29 is 9.53 Å². The first-order valence-electron chi connectivity index (χ1n) is 4.54. The van der Waals surface area contributed by atoms with E-state index in [1.54, 1.807) is 13.0 Å². The van der Waals surface area contributed by atoms with E-state index in [0.29, 0.717) is 11.7 Å². The molecule has 0 bridgehead atoms. The summed E-state index contributed by atoms with van der Waals surface area (Å²) in [7, 11) is 0. The third kappa shape index (κ3) is 3.06. The fraction of sp³-hybridized carbons (Fsp3) is 0.667. The second kappa shape index (κ2) is 4.87. The predicted octanol–water partition coefficient (Wildman–Crippen LogP) is 0.144. The van der Waals surface area contributed by atoms with Crippen LogP contribution in [0.1, 0.15) is 19.8 Å².